The van der Waals surface area contributed by atoms with Gasteiger partial charge in [-0.15, -0.1) is 0 Å². The zero-order valence-corrected chi connectivity index (χ0v) is 15.2. The van der Waals surface area contributed by atoms with Gasteiger partial charge in [0, 0.05) is 12.2 Å². The third kappa shape index (κ3) is 4.95. The summed E-state index contributed by atoms with van der Waals surface area (Å²) in [6.45, 7) is 0.846. The molecule has 150 valence electrons. The Morgan fingerprint density at radius 2 is 1.96 bits per heavy atom. The minimum absolute atomic E-state index is 0.0476. The standard InChI is InChI=1S/C20H20F3NO4/c1-26-15-7-4-13(5-8-15)19(25)24-17-11-14(20(21,22)23)6-9-18(17)28-12-16-3-2-10-27-16/h4-9,11,16H,2-3,10,12H2,1H3,(H,24,25)/t16-/m0/s1. The zero-order chi connectivity index (χ0) is 20.1. The number of hydrogen-bond acceptors (Lipinski definition) is 4. The van der Waals surface area contributed by atoms with Gasteiger partial charge in [-0.2, -0.15) is 13.2 Å². The molecular weight excluding hydrogens is 375 g/mol. The Balaban J connectivity index is 1.80. The maximum Gasteiger partial charge on any atom is 0.416 e. The Morgan fingerprint density at radius 3 is 2.57 bits per heavy atom. The van der Waals surface area contributed by atoms with Gasteiger partial charge in [0.25, 0.3) is 5.91 Å². The van der Waals surface area contributed by atoms with Crippen LogP contribution in [0, 0.1) is 0 Å². The number of methoxy groups -OCH3 is 1. The highest BCUT2D eigenvalue weighted by molar-refractivity contribution is 6.05. The molecule has 2 aromatic carbocycles. The summed E-state index contributed by atoms with van der Waals surface area (Å²) in [6, 6.07) is 9.23. The van der Waals surface area contributed by atoms with Gasteiger partial charge in [-0.25, -0.2) is 0 Å². The van der Waals surface area contributed by atoms with Crippen molar-refractivity contribution in [2.24, 2.45) is 0 Å². The van der Waals surface area contributed by atoms with Gasteiger partial charge in [0.05, 0.1) is 24.5 Å². The quantitative estimate of drug-likeness (QED) is 0.781. The lowest BCUT2D eigenvalue weighted by Gasteiger charge is -2.17. The molecule has 1 fully saturated rings. The molecule has 0 spiro atoms. The van der Waals surface area contributed by atoms with Crippen LogP contribution in [0.15, 0.2) is 42.5 Å². The molecule has 5 nitrogen and oxygen atoms in total. The third-order valence-electron chi connectivity index (χ3n) is 4.36. The number of anilines is 1. The summed E-state index contributed by atoms with van der Waals surface area (Å²) in [6.07, 6.45) is -2.89. The summed E-state index contributed by atoms with van der Waals surface area (Å²) in [5.41, 5.74) is -0.640. The van der Waals surface area contributed by atoms with Gasteiger partial charge in [0.2, 0.25) is 0 Å². The Hall–Kier alpha value is -2.74. The third-order valence-corrected chi connectivity index (χ3v) is 4.36. The second-order valence-electron chi connectivity index (χ2n) is 6.34. The number of benzene rings is 2. The van der Waals surface area contributed by atoms with Crippen LogP contribution in [0.2, 0.25) is 0 Å². The van der Waals surface area contributed by atoms with Crippen LogP contribution < -0.4 is 14.8 Å². The average Bonchev–Trinajstić information content (AvgIpc) is 3.20. The van der Waals surface area contributed by atoms with E-state index in [1.165, 1.54) is 25.3 Å². The Bertz CT molecular complexity index is 815. The van der Waals surface area contributed by atoms with E-state index in [-0.39, 0.29) is 29.7 Å². The SMILES string of the molecule is COc1ccc(C(=O)Nc2cc(C(F)(F)F)ccc2OC[C@@H]2CCCO2)cc1. The van der Waals surface area contributed by atoms with Crippen LogP contribution >= 0.6 is 0 Å². The Morgan fingerprint density at radius 1 is 1.21 bits per heavy atom. The minimum Gasteiger partial charge on any atom is -0.497 e. The summed E-state index contributed by atoms with van der Waals surface area (Å²) in [5, 5.41) is 2.51. The number of ether oxygens (including phenoxy) is 3. The van der Waals surface area contributed by atoms with Crippen molar-refractivity contribution in [3.8, 4) is 11.5 Å². The van der Waals surface area contributed by atoms with Crippen LogP contribution in [-0.4, -0.2) is 32.3 Å². The lowest BCUT2D eigenvalue weighted by molar-refractivity contribution is -0.137. The van der Waals surface area contributed by atoms with Crippen molar-refractivity contribution in [3.05, 3.63) is 53.6 Å². The largest absolute Gasteiger partial charge is 0.497 e. The molecule has 1 amide bonds. The number of halogens is 3. The molecule has 3 rings (SSSR count). The van der Waals surface area contributed by atoms with E-state index in [0.717, 1.165) is 25.0 Å². The lowest BCUT2D eigenvalue weighted by atomic mass is 10.1. The van der Waals surface area contributed by atoms with Crippen molar-refractivity contribution >= 4 is 11.6 Å². The van der Waals surface area contributed by atoms with Gasteiger partial charge in [0.1, 0.15) is 18.1 Å². The number of amides is 1. The van der Waals surface area contributed by atoms with Gasteiger partial charge >= 0.3 is 6.18 Å². The fourth-order valence-electron chi connectivity index (χ4n) is 2.83. The first kappa shape index (κ1) is 20.0. The first-order valence-electron chi connectivity index (χ1n) is 8.78. The highest BCUT2D eigenvalue weighted by atomic mass is 19.4. The lowest BCUT2D eigenvalue weighted by Crippen LogP contribution is -2.18. The van der Waals surface area contributed by atoms with Crippen LogP contribution in [-0.2, 0) is 10.9 Å². The number of nitrogens with one attached hydrogen (secondary N) is 1. The van der Waals surface area contributed by atoms with Crippen LogP contribution in [0.25, 0.3) is 0 Å². The number of hydrogen-bond donors (Lipinski definition) is 1. The van der Waals surface area contributed by atoms with Gasteiger partial charge in [-0.3, -0.25) is 4.79 Å². The topological polar surface area (TPSA) is 56.8 Å². The maximum atomic E-state index is 13.1. The molecular formula is C20H20F3NO4. The van der Waals surface area contributed by atoms with Crippen LogP contribution in [0.4, 0.5) is 18.9 Å². The molecule has 0 radical (unpaired) electrons. The first-order chi connectivity index (χ1) is 13.4. The summed E-state index contributed by atoms with van der Waals surface area (Å²) in [5.74, 6) is 0.172. The van der Waals surface area contributed by atoms with Gasteiger partial charge in [0.15, 0.2) is 0 Å². The van der Waals surface area contributed by atoms with E-state index in [9.17, 15) is 18.0 Å². The molecule has 0 bridgehead atoms. The van der Waals surface area contributed by atoms with Crippen molar-refractivity contribution in [2.75, 3.05) is 25.6 Å². The predicted octanol–water partition coefficient (Wildman–Crippen LogP) is 4.52. The molecule has 1 saturated heterocycles. The molecule has 1 N–H and O–H groups in total. The molecule has 0 aromatic heterocycles. The number of carbonyl (C=O) groups is 1. The maximum absolute atomic E-state index is 13.1. The fourth-order valence-corrected chi connectivity index (χ4v) is 2.83. The van der Waals surface area contributed by atoms with E-state index in [2.05, 4.69) is 5.32 Å². The molecule has 2 aromatic rings. The normalized spacial score (nSPS) is 16.6. The molecule has 28 heavy (non-hydrogen) atoms. The monoisotopic (exact) mass is 395 g/mol. The molecule has 0 saturated carbocycles. The van der Waals surface area contributed by atoms with Crippen molar-refractivity contribution in [2.45, 2.75) is 25.1 Å². The molecule has 1 aliphatic heterocycles. The van der Waals surface area contributed by atoms with Crippen LogP contribution in [0.3, 0.4) is 0 Å². The van der Waals surface area contributed by atoms with Crippen molar-refractivity contribution in [3.63, 3.8) is 0 Å². The second kappa shape index (κ2) is 8.52. The van der Waals surface area contributed by atoms with E-state index < -0.39 is 17.6 Å². The second-order valence-corrected chi connectivity index (χ2v) is 6.34. The van der Waals surface area contributed by atoms with E-state index in [1.54, 1.807) is 12.1 Å². The smallest absolute Gasteiger partial charge is 0.416 e. The highest BCUT2D eigenvalue weighted by Crippen LogP contribution is 2.35. The summed E-state index contributed by atoms with van der Waals surface area (Å²) < 4.78 is 55.4. The predicted molar refractivity (Wildman–Crippen MR) is 96.9 cm³/mol. The molecule has 1 atom stereocenters. The van der Waals surface area contributed by atoms with E-state index in [4.69, 9.17) is 14.2 Å². The molecule has 8 heteroatoms. The van der Waals surface area contributed by atoms with E-state index in [0.29, 0.717) is 12.4 Å². The van der Waals surface area contributed by atoms with Crippen molar-refractivity contribution in [1.82, 2.24) is 0 Å². The van der Waals surface area contributed by atoms with Gasteiger partial charge < -0.3 is 19.5 Å². The fraction of sp³-hybridized carbons (Fsp3) is 0.350. The molecule has 0 aliphatic carbocycles. The molecule has 1 heterocycles. The number of rotatable bonds is 6. The molecule has 1 aliphatic rings. The summed E-state index contributed by atoms with van der Waals surface area (Å²) in [7, 11) is 1.50. The highest BCUT2D eigenvalue weighted by Gasteiger charge is 2.31. The minimum atomic E-state index is -4.54. The Labute approximate surface area is 160 Å². The Kier molecular flexibility index (Phi) is 6.08. The van der Waals surface area contributed by atoms with Crippen LogP contribution in [0.5, 0.6) is 11.5 Å². The van der Waals surface area contributed by atoms with Gasteiger partial charge in [-0.05, 0) is 55.3 Å². The van der Waals surface area contributed by atoms with E-state index in [1.807, 2.05) is 0 Å². The van der Waals surface area contributed by atoms with Crippen molar-refractivity contribution in [1.29, 1.82) is 0 Å². The van der Waals surface area contributed by atoms with Crippen LogP contribution in [0.1, 0.15) is 28.8 Å². The van der Waals surface area contributed by atoms with Gasteiger partial charge in [-0.1, -0.05) is 0 Å². The average molecular weight is 395 g/mol. The summed E-state index contributed by atoms with van der Waals surface area (Å²) >= 11 is 0. The van der Waals surface area contributed by atoms with E-state index >= 15 is 0 Å². The first-order valence-corrected chi connectivity index (χ1v) is 8.78. The number of carbonyl (C=O) groups excluding carboxylic acids is 1. The zero-order valence-electron chi connectivity index (χ0n) is 15.2. The summed E-state index contributed by atoms with van der Waals surface area (Å²) in [4.78, 5) is 12.5. The molecule has 0 unspecified atom stereocenters. The number of alkyl halides is 3. The van der Waals surface area contributed by atoms with Crippen molar-refractivity contribution < 1.29 is 32.2 Å².